The Labute approximate surface area is 182 Å². The van der Waals surface area contributed by atoms with E-state index in [0.717, 1.165) is 36.1 Å². The summed E-state index contributed by atoms with van der Waals surface area (Å²) in [5, 5.41) is 11.9. The van der Waals surface area contributed by atoms with Gasteiger partial charge in [0.05, 0.1) is 31.9 Å². The van der Waals surface area contributed by atoms with E-state index in [1.807, 2.05) is 37.3 Å². The number of rotatable bonds is 11. The van der Waals surface area contributed by atoms with Crippen LogP contribution in [0.5, 0.6) is 11.5 Å². The summed E-state index contributed by atoms with van der Waals surface area (Å²) in [5.74, 6) is 2.90. The maximum absolute atomic E-state index is 11.7. The Bertz CT molecular complexity index is 1050. The van der Waals surface area contributed by atoms with Gasteiger partial charge in [-0.1, -0.05) is 20.3 Å². The van der Waals surface area contributed by atoms with E-state index in [4.69, 9.17) is 19.2 Å². The van der Waals surface area contributed by atoms with Crippen LogP contribution in [0.3, 0.4) is 0 Å². The van der Waals surface area contributed by atoms with E-state index in [1.54, 1.807) is 14.2 Å². The minimum atomic E-state index is -0.122. The number of methoxy groups -OCH3 is 2. The molecule has 9 heteroatoms. The number of nitrogens with zero attached hydrogens (tertiary/aromatic N) is 4. The summed E-state index contributed by atoms with van der Waals surface area (Å²) in [7, 11) is 3.21. The number of aromatic nitrogens is 4. The van der Waals surface area contributed by atoms with Crippen LogP contribution < -0.4 is 14.8 Å². The van der Waals surface area contributed by atoms with Gasteiger partial charge < -0.3 is 19.5 Å². The van der Waals surface area contributed by atoms with E-state index in [-0.39, 0.29) is 5.97 Å². The smallest absolute Gasteiger partial charge is 0.305 e. The van der Waals surface area contributed by atoms with E-state index >= 15 is 0 Å². The van der Waals surface area contributed by atoms with Gasteiger partial charge >= 0.3 is 5.97 Å². The zero-order valence-electron chi connectivity index (χ0n) is 18.9. The number of benzene rings is 1. The average Bonchev–Trinajstić information content (AvgIpc) is 3.15. The number of anilines is 1. The van der Waals surface area contributed by atoms with Gasteiger partial charge in [0.2, 0.25) is 5.65 Å². The minimum absolute atomic E-state index is 0.122. The maximum atomic E-state index is 11.7. The van der Waals surface area contributed by atoms with Gasteiger partial charge in [-0.2, -0.15) is 0 Å². The fourth-order valence-electron chi connectivity index (χ4n) is 3.33. The number of nitrogens with one attached hydrogen (secondary N) is 1. The van der Waals surface area contributed by atoms with E-state index in [1.165, 1.54) is 0 Å². The molecule has 3 rings (SSSR count). The first kappa shape index (κ1) is 22.6. The largest absolute Gasteiger partial charge is 0.493 e. The van der Waals surface area contributed by atoms with E-state index in [0.29, 0.717) is 48.5 Å². The molecule has 0 saturated carbocycles. The van der Waals surface area contributed by atoms with Crippen LogP contribution >= 0.6 is 0 Å². The summed E-state index contributed by atoms with van der Waals surface area (Å²) in [6.45, 7) is 7.16. The summed E-state index contributed by atoms with van der Waals surface area (Å²) in [4.78, 5) is 16.4. The molecular weight excluding hydrogens is 398 g/mol. The van der Waals surface area contributed by atoms with Crippen molar-refractivity contribution >= 4 is 28.5 Å². The van der Waals surface area contributed by atoms with Gasteiger partial charge in [-0.25, -0.2) is 4.98 Å². The molecule has 0 fully saturated rings. The number of hydrogen-bond acceptors (Lipinski definition) is 8. The molecular formula is C22H31N5O4. The average molecular weight is 430 g/mol. The molecule has 0 saturated heterocycles. The van der Waals surface area contributed by atoms with Crippen LogP contribution in [0.1, 0.15) is 45.4 Å². The number of ether oxygens (including phenoxy) is 3. The lowest BCUT2D eigenvalue weighted by atomic mass is 10.2. The lowest BCUT2D eigenvalue weighted by Gasteiger charge is -2.13. The Morgan fingerprint density at radius 1 is 1.10 bits per heavy atom. The maximum Gasteiger partial charge on any atom is 0.305 e. The SMILES string of the molecule is COc1cc2nc(NCCCCCC(=O)OCC(C)C)c3nnc(C)n3c2cc1OC. The molecule has 0 amide bonds. The molecule has 0 unspecified atom stereocenters. The lowest BCUT2D eigenvalue weighted by Crippen LogP contribution is -2.10. The van der Waals surface area contributed by atoms with Crippen molar-refractivity contribution in [1.82, 2.24) is 19.6 Å². The topological polar surface area (TPSA) is 99.9 Å². The molecule has 3 aromatic rings. The van der Waals surface area contributed by atoms with Crippen molar-refractivity contribution in [2.75, 3.05) is 32.7 Å². The highest BCUT2D eigenvalue weighted by molar-refractivity contribution is 5.85. The summed E-state index contributed by atoms with van der Waals surface area (Å²) >= 11 is 0. The Morgan fingerprint density at radius 2 is 1.84 bits per heavy atom. The molecule has 0 aliphatic heterocycles. The van der Waals surface area contributed by atoms with Crippen LogP contribution in [0.25, 0.3) is 16.7 Å². The number of carbonyl (C=O) groups is 1. The quantitative estimate of drug-likeness (QED) is 0.363. The molecule has 0 aliphatic rings. The molecule has 1 N–H and O–H groups in total. The van der Waals surface area contributed by atoms with Gasteiger partial charge in [-0.15, -0.1) is 10.2 Å². The normalized spacial score (nSPS) is 11.3. The molecule has 0 radical (unpaired) electrons. The third kappa shape index (κ3) is 5.34. The van der Waals surface area contributed by atoms with Gasteiger partial charge in [-0.05, 0) is 25.7 Å². The van der Waals surface area contributed by atoms with Crippen molar-refractivity contribution in [2.24, 2.45) is 5.92 Å². The first-order chi connectivity index (χ1) is 14.9. The Balaban J connectivity index is 1.66. The number of esters is 1. The van der Waals surface area contributed by atoms with Gasteiger partial charge in [0.1, 0.15) is 5.82 Å². The first-order valence-electron chi connectivity index (χ1n) is 10.6. The summed E-state index contributed by atoms with van der Waals surface area (Å²) in [5.41, 5.74) is 2.26. The summed E-state index contributed by atoms with van der Waals surface area (Å²) in [6.07, 6.45) is 3.09. The van der Waals surface area contributed by atoms with Crippen molar-refractivity contribution < 1.29 is 19.0 Å². The zero-order chi connectivity index (χ0) is 22.4. The van der Waals surface area contributed by atoms with Crippen molar-refractivity contribution in [1.29, 1.82) is 0 Å². The van der Waals surface area contributed by atoms with Gasteiger partial charge in [0.25, 0.3) is 0 Å². The second kappa shape index (κ2) is 10.3. The second-order valence-corrected chi connectivity index (χ2v) is 7.88. The molecule has 1 aromatic carbocycles. The summed E-state index contributed by atoms with van der Waals surface area (Å²) < 4.78 is 18.0. The number of hydrogen-bond donors (Lipinski definition) is 1. The highest BCUT2D eigenvalue weighted by Crippen LogP contribution is 2.33. The van der Waals surface area contributed by atoms with Gasteiger partial charge in [-0.3, -0.25) is 9.20 Å². The monoisotopic (exact) mass is 429 g/mol. The lowest BCUT2D eigenvalue weighted by molar-refractivity contribution is -0.144. The number of unbranched alkanes of at least 4 members (excludes halogenated alkanes) is 2. The molecule has 9 nitrogen and oxygen atoms in total. The van der Waals surface area contributed by atoms with Crippen LogP contribution in [-0.4, -0.2) is 52.9 Å². The summed E-state index contributed by atoms with van der Waals surface area (Å²) in [6, 6.07) is 3.73. The second-order valence-electron chi connectivity index (χ2n) is 7.88. The molecule has 168 valence electrons. The van der Waals surface area contributed by atoms with Gasteiger partial charge in [0, 0.05) is 25.1 Å². The first-order valence-corrected chi connectivity index (χ1v) is 10.6. The zero-order valence-corrected chi connectivity index (χ0v) is 18.9. The number of carbonyl (C=O) groups excluding carboxylic acids is 1. The number of aryl methyl sites for hydroxylation is 1. The van der Waals surface area contributed by atoms with Crippen LogP contribution in [0.2, 0.25) is 0 Å². The standard InChI is InChI=1S/C22H31N5O4/c1-14(2)13-31-20(28)9-7-6-8-10-23-21-22-26-25-15(3)27(22)17-12-19(30-5)18(29-4)11-16(17)24-21/h11-12,14H,6-10,13H2,1-5H3,(H,23,24). The van der Waals surface area contributed by atoms with Crippen molar-refractivity contribution in [3.8, 4) is 11.5 Å². The van der Waals surface area contributed by atoms with Crippen LogP contribution in [0.15, 0.2) is 12.1 Å². The minimum Gasteiger partial charge on any atom is -0.493 e. The van der Waals surface area contributed by atoms with E-state index < -0.39 is 0 Å². The fourth-order valence-corrected chi connectivity index (χ4v) is 3.33. The van der Waals surface area contributed by atoms with Crippen molar-refractivity contribution in [3.05, 3.63) is 18.0 Å². The highest BCUT2D eigenvalue weighted by Gasteiger charge is 2.16. The third-order valence-corrected chi connectivity index (χ3v) is 4.92. The van der Waals surface area contributed by atoms with Crippen LogP contribution in [-0.2, 0) is 9.53 Å². The molecule has 2 heterocycles. The predicted octanol–water partition coefficient (Wildman–Crippen LogP) is 3.77. The molecule has 31 heavy (non-hydrogen) atoms. The van der Waals surface area contributed by atoms with Crippen LogP contribution in [0.4, 0.5) is 5.82 Å². The Hall–Kier alpha value is -3.10. The molecule has 2 aromatic heterocycles. The van der Waals surface area contributed by atoms with Crippen LogP contribution in [0, 0.1) is 12.8 Å². The fraction of sp³-hybridized carbons (Fsp3) is 0.545. The molecule has 0 spiro atoms. The van der Waals surface area contributed by atoms with Crippen molar-refractivity contribution in [3.63, 3.8) is 0 Å². The number of fused-ring (bicyclic) bond motifs is 3. The molecule has 0 bridgehead atoms. The molecule has 0 atom stereocenters. The highest BCUT2D eigenvalue weighted by atomic mass is 16.5. The Morgan fingerprint density at radius 3 is 2.55 bits per heavy atom. The van der Waals surface area contributed by atoms with Gasteiger partial charge in [0.15, 0.2) is 17.3 Å². The van der Waals surface area contributed by atoms with E-state index in [9.17, 15) is 4.79 Å². The van der Waals surface area contributed by atoms with Crippen molar-refractivity contribution in [2.45, 2.75) is 46.5 Å². The van der Waals surface area contributed by atoms with E-state index in [2.05, 4.69) is 15.5 Å². The third-order valence-electron chi connectivity index (χ3n) is 4.92. The molecule has 0 aliphatic carbocycles. The Kier molecular flexibility index (Phi) is 7.49. The predicted molar refractivity (Wildman–Crippen MR) is 119 cm³/mol.